The van der Waals surface area contributed by atoms with Crippen molar-refractivity contribution < 1.29 is 9.90 Å². The van der Waals surface area contributed by atoms with Crippen LogP contribution in [-0.2, 0) is 4.79 Å². The average molecular weight is 314 g/mol. The van der Waals surface area contributed by atoms with Crippen LogP contribution in [-0.4, -0.2) is 109 Å². The van der Waals surface area contributed by atoms with Gasteiger partial charge in [-0.3, -0.25) is 14.6 Å². The Bertz CT molecular complexity index is 344. The van der Waals surface area contributed by atoms with Crippen LogP contribution in [0.5, 0.6) is 0 Å². The van der Waals surface area contributed by atoms with E-state index in [1.807, 2.05) is 0 Å². The SMILES string of the molecule is CN1CCN(C)CCN(C(C)(C)C)CCN(CC(=O)O)CC1. The van der Waals surface area contributed by atoms with Crippen molar-refractivity contribution in [1.82, 2.24) is 19.6 Å². The summed E-state index contributed by atoms with van der Waals surface area (Å²) in [6, 6.07) is 0. The number of carboxylic acids is 1. The van der Waals surface area contributed by atoms with Crippen LogP contribution in [0.2, 0.25) is 0 Å². The molecule has 0 atom stereocenters. The van der Waals surface area contributed by atoms with Crippen molar-refractivity contribution >= 4 is 5.97 Å². The highest BCUT2D eigenvalue weighted by Crippen LogP contribution is 2.13. The topological polar surface area (TPSA) is 50.3 Å². The van der Waals surface area contributed by atoms with E-state index >= 15 is 0 Å². The molecule has 1 aliphatic heterocycles. The zero-order valence-electron chi connectivity index (χ0n) is 15.0. The summed E-state index contributed by atoms with van der Waals surface area (Å²) >= 11 is 0. The Morgan fingerprint density at radius 2 is 1.27 bits per heavy atom. The minimum atomic E-state index is -0.739. The van der Waals surface area contributed by atoms with E-state index in [4.69, 9.17) is 5.11 Å². The monoisotopic (exact) mass is 314 g/mol. The van der Waals surface area contributed by atoms with Crippen LogP contribution in [0, 0.1) is 0 Å². The number of carboxylic acid groups (broad SMARTS) is 1. The molecule has 6 heteroatoms. The Morgan fingerprint density at radius 1 is 0.864 bits per heavy atom. The summed E-state index contributed by atoms with van der Waals surface area (Å²) in [5, 5.41) is 9.11. The second-order valence-corrected chi connectivity index (χ2v) is 7.43. The highest BCUT2D eigenvalue weighted by atomic mass is 16.4. The molecule has 22 heavy (non-hydrogen) atoms. The van der Waals surface area contributed by atoms with Crippen molar-refractivity contribution in [2.45, 2.75) is 26.3 Å². The predicted molar refractivity (Wildman–Crippen MR) is 90.4 cm³/mol. The molecule has 0 unspecified atom stereocenters. The molecule has 1 heterocycles. The summed E-state index contributed by atoms with van der Waals surface area (Å²) in [7, 11) is 4.29. The lowest BCUT2D eigenvalue weighted by Gasteiger charge is -2.39. The van der Waals surface area contributed by atoms with Gasteiger partial charge in [0.2, 0.25) is 0 Å². The molecule has 0 aromatic rings. The van der Waals surface area contributed by atoms with Crippen LogP contribution in [0.15, 0.2) is 0 Å². The summed E-state index contributed by atoms with van der Waals surface area (Å²) in [5.74, 6) is -0.739. The van der Waals surface area contributed by atoms with Gasteiger partial charge in [-0.1, -0.05) is 0 Å². The third kappa shape index (κ3) is 7.54. The van der Waals surface area contributed by atoms with E-state index in [9.17, 15) is 4.79 Å². The van der Waals surface area contributed by atoms with Crippen LogP contribution in [0.3, 0.4) is 0 Å². The molecule has 1 aliphatic rings. The second kappa shape index (κ2) is 8.82. The molecule has 0 saturated carbocycles. The van der Waals surface area contributed by atoms with Crippen LogP contribution < -0.4 is 0 Å². The fourth-order valence-electron chi connectivity index (χ4n) is 2.67. The number of rotatable bonds is 2. The maximum Gasteiger partial charge on any atom is 0.317 e. The fraction of sp³-hybridized carbons (Fsp3) is 0.938. The average Bonchev–Trinajstić information content (AvgIpc) is 2.38. The van der Waals surface area contributed by atoms with E-state index in [1.165, 1.54) is 0 Å². The number of hydrogen-bond donors (Lipinski definition) is 1. The molecule has 1 saturated heterocycles. The lowest BCUT2D eigenvalue weighted by atomic mass is 10.1. The fourth-order valence-corrected chi connectivity index (χ4v) is 2.67. The first-order chi connectivity index (χ1) is 10.2. The molecule has 0 amide bonds. The van der Waals surface area contributed by atoms with Crippen molar-refractivity contribution in [2.75, 3.05) is 73.0 Å². The number of likely N-dealkylation sites (N-methyl/N-ethyl adjacent to an activating group) is 2. The smallest absolute Gasteiger partial charge is 0.317 e. The molecular formula is C16H34N4O2. The Morgan fingerprint density at radius 3 is 1.77 bits per heavy atom. The highest BCUT2D eigenvalue weighted by Gasteiger charge is 2.23. The number of hydrogen-bond acceptors (Lipinski definition) is 5. The van der Waals surface area contributed by atoms with Crippen LogP contribution in [0.4, 0.5) is 0 Å². The Kier molecular flexibility index (Phi) is 7.76. The van der Waals surface area contributed by atoms with Gasteiger partial charge in [-0.2, -0.15) is 0 Å². The summed E-state index contributed by atoms with van der Waals surface area (Å²) in [6.07, 6.45) is 0. The molecule has 0 radical (unpaired) electrons. The first kappa shape index (κ1) is 19.4. The standard InChI is InChI=1S/C16H34N4O2/c1-16(2,3)20-12-9-18(5)7-6-17(4)8-10-19(11-13-20)14-15(21)22/h6-14H2,1-5H3,(H,21,22). The number of carbonyl (C=O) groups is 1. The van der Waals surface area contributed by atoms with Crippen LogP contribution in [0.25, 0.3) is 0 Å². The van der Waals surface area contributed by atoms with Gasteiger partial charge in [0, 0.05) is 57.9 Å². The van der Waals surface area contributed by atoms with Gasteiger partial charge in [0.15, 0.2) is 0 Å². The summed E-state index contributed by atoms with van der Waals surface area (Å²) in [4.78, 5) is 20.3. The van der Waals surface area contributed by atoms with Crippen molar-refractivity contribution in [2.24, 2.45) is 0 Å². The molecule has 0 spiro atoms. The normalized spacial score (nSPS) is 23.0. The van der Waals surface area contributed by atoms with E-state index in [-0.39, 0.29) is 12.1 Å². The van der Waals surface area contributed by atoms with E-state index in [0.29, 0.717) is 0 Å². The molecular weight excluding hydrogens is 280 g/mol. The van der Waals surface area contributed by atoms with Gasteiger partial charge < -0.3 is 14.9 Å². The summed E-state index contributed by atoms with van der Waals surface area (Å²) in [5.41, 5.74) is 0.108. The predicted octanol–water partition coefficient (Wildman–Crippen LogP) is 0.351. The van der Waals surface area contributed by atoms with Gasteiger partial charge in [-0.05, 0) is 34.9 Å². The Hall–Kier alpha value is -0.690. The van der Waals surface area contributed by atoms with Crippen molar-refractivity contribution in [3.05, 3.63) is 0 Å². The van der Waals surface area contributed by atoms with Gasteiger partial charge >= 0.3 is 5.97 Å². The zero-order valence-corrected chi connectivity index (χ0v) is 15.0. The molecule has 1 fully saturated rings. The quantitative estimate of drug-likeness (QED) is 0.794. The summed E-state index contributed by atoms with van der Waals surface area (Å²) < 4.78 is 0. The summed E-state index contributed by atoms with van der Waals surface area (Å²) in [6.45, 7) is 14.4. The molecule has 1 rings (SSSR count). The van der Waals surface area contributed by atoms with E-state index in [2.05, 4.69) is 54.5 Å². The third-order valence-corrected chi connectivity index (χ3v) is 4.41. The first-order valence-electron chi connectivity index (χ1n) is 8.25. The lowest BCUT2D eigenvalue weighted by Crippen LogP contribution is -2.50. The molecule has 0 bridgehead atoms. The molecule has 0 aromatic heterocycles. The first-order valence-corrected chi connectivity index (χ1v) is 8.25. The van der Waals surface area contributed by atoms with E-state index in [1.54, 1.807) is 0 Å². The number of nitrogens with zero attached hydrogens (tertiary/aromatic N) is 4. The molecule has 0 aromatic carbocycles. The van der Waals surface area contributed by atoms with Gasteiger partial charge in [-0.25, -0.2) is 0 Å². The van der Waals surface area contributed by atoms with Gasteiger partial charge in [0.05, 0.1) is 6.54 Å². The van der Waals surface area contributed by atoms with Crippen molar-refractivity contribution in [1.29, 1.82) is 0 Å². The van der Waals surface area contributed by atoms with Gasteiger partial charge in [-0.15, -0.1) is 0 Å². The third-order valence-electron chi connectivity index (χ3n) is 4.41. The van der Waals surface area contributed by atoms with Gasteiger partial charge in [0.1, 0.15) is 0 Å². The van der Waals surface area contributed by atoms with Gasteiger partial charge in [0.25, 0.3) is 0 Å². The van der Waals surface area contributed by atoms with E-state index < -0.39 is 5.97 Å². The van der Waals surface area contributed by atoms with Crippen LogP contribution in [0.1, 0.15) is 20.8 Å². The minimum absolute atomic E-state index is 0.108. The Labute approximate surface area is 135 Å². The molecule has 6 nitrogen and oxygen atoms in total. The van der Waals surface area contributed by atoms with Crippen molar-refractivity contribution in [3.8, 4) is 0 Å². The lowest BCUT2D eigenvalue weighted by molar-refractivity contribution is -0.138. The van der Waals surface area contributed by atoms with Crippen molar-refractivity contribution in [3.63, 3.8) is 0 Å². The molecule has 1 N–H and O–H groups in total. The van der Waals surface area contributed by atoms with E-state index in [0.717, 1.165) is 52.4 Å². The zero-order chi connectivity index (χ0) is 16.8. The Balaban J connectivity index is 2.73. The maximum atomic E-state index is 11.1. The maximum absolute atomic E-state index is 11.1. The number of aliphatic carboxylic acids is 1. The largest absolute Gasteiger partial charge is 0.480 e. The highest BCUT2D eigenvalue weighted by molar-refractivity contribution is 5.69. The van der Waals surface area contributed by atoms with Crippen LogP contribution >= 0.6 is 0 Å². The molecule has 0 aliphatic carbocycles. The second-order valence-electron chi connectivity index (χ2n) is 7.43. The molecule has 130 valence electrons. The minimum Gasteiger partial charge on any atom is -0.480 e.